The van der Waals surface area contributed by atoms with Gasteiger partial charge >= 0.3 is 0 Å². The van der Waals surface area contributed by atoms with Gasteiger partial charge in [0.15, 0.2) is 0 Å². The van der Waals surface area contributed by atoms with Gasteiger partial charge in [0.25, 0.3) is 0 Å². The van der Waals surface area contributed by atoms with E-state index in [-0.39, 0.29) is 12.5 Å². The smallest absolute Gasteiger partial charge is 0.233 e. The topological polar surface area (TPSA) is 67.6 Å². The van der Waals surface area contributed by atoms with Gasteiger partial charge in [-0.1, -0.05) is 0 Å². The zero-order valence-corrected chi connectivity index (χ0v) is 9.37. The molecule has 1 amide bonds. The quantitative estimate of drug-likeness (QED) is 0.607. The van der Waals surface area contributed by atoms with E-state index < -0.39 is 0 Å². The van der Waals surface area contributed by atoms with Crippen molar-refractivity contribution in [3.63, 3.8) is 0 Å². The van der Waals surface area contributed by atoms with Crippen LogP contribution in [0.2, 0.25) is 0 Å². The van der Waals surface area contributed by atoms with Crippen molar-refractivity contribution in [3.8, 4) is 0 Å². The summed E-state index contributed by atoms with van der Waals surface area (Å²) in [5, 5.41) is 2.83. The number of nitrogens with one attached hydrogen (secondary N) is 1. The minimum atomic E-state index is -0.0754. The van der Waals surface area contributed by atoms with Crippen LogP contribution >= 0.6 is 0 Å². The normalized spacial score (nSPS) is 21.9. The molecule has 5 heteroatoms. The summed E-state index contributed by atoms with van der Waals surface area (Å²) in [7, 11) is 1.71. The number of likely N-dealkylation sites (tertiary alicyclic amines) is 1. The molecule has 0 spiro atoms. The molecule has 5 nitrogen and oxygen atoms in total. The fraction of sp³-hybridized carbons (Fsp3) is 0.900. The molecule has 1 fully saturated rings. The molecule has 1 rings (SSSR count). The van der Waals surface area contributed by atoms with Crippen LogP contribution in [0.5, 0.6) is 0 Å². The zero-order chi connectivity index (χ0) is 11.1. The monoisotopic (exact) mass is 215 g/mol. The van der Waals surface area contributed by atoms with Gasteiger partial charge in [0, 0.05) is 26.2 Å². The molecule has 1 aliphatic rings. The van der Waals surface area contributed by atoms with Crippen LogP contribution in [0.25, 0.3) is 0 Å². The highest BCUT2D eigenvalue weighted by molar-refractivity contribution is 5.77. The second kappa shape index (κ2) is 6.76. The third-order valence-electron chi connectivity index (χ3n) is 2.80. The zero-order valence-electron chi connectivity index (χ0n) is 9.37. The van der Waals surface area contributed by atoms with Gasteiger partial charge < -0.3 is 15.8 Å². The number of carbonyl (C=O) groups is 1. The third kappa shape index (κ3) is 4.15. The Hall–Kier alpha value is -0.650. The molecule has 0 aromatic rings. The van der Waals surface area contributed by atoms with Gasteiger partial charge in [0.2, 0.25) is 5.91 Å². The Morgan fingerprint density at radius 1 is 1.67 bits per heavy atom. The van der Waals surface area contributed by atoms with E-state index in [0.29, 0.717) is 12.6 Å². The lowest BCUT2D eigenvalue weighted by atomic mass is 10.2. The van der Waals surface area contributed by atoms with Gasteiger partial charge in [-0.2, -0.15) is 0 Å². The molecule has 1 atom stereocenters. The molecule has 1 aliphatic heterocycles. The number of hydrogen-bond acceptors (Lipinski definition) is 4. The van der Waals surface area contributed by atoms with Crippen molar-refractivity contribution >= 4 is 5.91 Å². The molecular formula is C10H21N3O2. The summed E-state index contributed by atoms with van der Waals surface area (Å²) < 4.78 is 5.05. The Balaban J connectivity index is 2.23. The molecule has 0 aliphatic carbocycles. The van der Waals surface area contributed by atoms with Crippen LogP contribution in [-0.4, -0.2) is 56.7 Å². The van der Waals surface area contributed by atoms with Crippen LogP contribution in [0.1, 0.15) is 12.8 Å². The molecule has 0 saturated carbocycles. The van der Waals surface area contributed by atoms with E-state index in [1.165, 1.54) is 6.42 Å². The van der Waals surface area contributed by atoms with Crippen LogP contribution in [0.3, 0.4) is 0 Å². The van der Waals surface area contributed by atoms with Crippen LogP contribution < -0.4 is 11.1 Å². The average molecular weight is 215 g/mol. The third-order valence-corrected chi connectivity index (χ3v) is 2.80. The SMILES string of the molecule is COCCN1CCCC1CNC(=O)CN. The predicted octanol–water partition coefficient (Wildman–Crippen LogP) is -0.828. The van der Waals surface area contributed by atoms with Crippen LogP contribution in [0.4, 0.5) is 0 Å². The first-order chi connectivity index (χ1) is 7.27. The second-order valence-electron chi connectivity index (χ2n) is 3.83. The number of ether oxygens (including phenoxy) is 1. The maximum Gasteiger partial charge on any atom is 0.233 e. The summed E-state index contributed by atoms with van der Waals surface area (Å²) in [6.07, 6.45) is 2.35. The molecule has 15 heavy (non-hydrogen) atoms. The number of amides is 1. The van der Waals surface area contributed by atoms with Crippen molar-refractivity contribution in [1.82, 2.24) is 10.2 Å². The largest absolute Gasteiger partial charge is 0.383 e. The summed E-state index contributed by atoms with van der Waals surface area (Å²) >= 11 is 0. The molecular weight excluding hydrogens is 194 g/mol. The molecule has 1 heterocycles. The summed E-state index contributed by atoms with van der Waals surface area (Å²) in [5.41, 5.74) is 5.23. The number of nitrogens with zero attached hydrogens (tertiary/aromatic N) is 1. The van der Waals surface area contributed by atoms with Gasteiger partial charge in [-0.15, -0.1) is 0 Å². The number of hydrogen-bond donors (Lipinski definition) is 2. The van der Waals surface area contributed by atoms with Gasteiger partial charge in [0.05, 0.1) is 13.2 Å². The Bertz CT molecular complexity index is 199. The molecule has 1 saturated heterocycles. The molecule has 0 radical (unpaired) electrons. The maximum atomic E-state index is 11.0. The lowest BCUT2D eigenvalue weighted by Crippen LogP contribution is -2.42. The van der Waals surface area contributed by atoms with Crippen molar-refractivity contribution in [2.45, 2.75) is 18.9 Å². The molecule has 0 bridgehead atoms. The summed E-state index contributed by atoms with van der Waals surface area (Å²) in [5.74, 6) is -0.0754. The van der Waals surface area contributed by atoms with E-state index in [2.05, 4.69) is 10.2 Å². The van der Waals surface area contributed by atoms with E-state index in [0.717, 1.165) is 26.1 Å². The van der Waals surface area contributed by atoms with E-state index in [1.807, 2.05) is 0 Å². The predicted molar refractivity (Wildman–Crippen MR) is 58.5 cm³/mol. The van der Waals surface area contributed by atoms with E-state index in [9.17, 15) is 4.79 Å². The van der Waals surface area contributed by atoms with Gasteiger partial charge in [0.1, 0.15) is 0 Å². The van der Waals surface area contributed by atoms with Crippen LogP contribution in [0, 0.1) is 0 Å². The minimum absolute atomic E-state index is 0.0742. The van der Waals surface area contributed by atoms with E-state index in [4.69, 9.17) is 10.5 Å². The van der Waals surface area contributed by atoms with Gasteiger partial charge in [-0.05, 0) is 19.4 Å². The first-order valence-electron chi connectivity index (χ1n) is 5.47. The van der Waals surface area contributed by atoms with E-state index >= 15 is 0 Å². The highest BCUT2D eigenvalue weighted by Gasteiger charge is 2.23. The fourth-order valence-electron chi connectivity index (χ4n) is 1.93. The Morgan fingerprint density at radius 2 is 2.47 bits per heavy atom. The van der Waals surface area contributed by atoms with Crippen molar-refractivity contribution in [2.24, 2.45) is 5.73 Å². The number of methoxy groups -OCH3 is 1. The Kier molecular flexibility index (Phi) is 5.60. The standard InChI is InChI=1S/C10H21N3O2/c1-15-6-5-13-4-2-3-9(13)8-12-10(14)7-11/h9H,2-8,11H2,1H3,(H,12,14). The second-order valence-corrected chi connectivity index (χ2v) is 3.83. The van der Waals surface area contributed by atoms with Crippen molar-refractivity contribution in [3.05, 3.63) is 0 Å². The van der Waals surface area contributed by atoms with Crippen LogP contribution in [-0.2, 0) is 9.53 Å². The number of rotatable bonds is 6. The molecule has 1 unspecified atom stereocenters. The average Bonchev–Trinajstić information content (AvgIpc) is 2.70. The van der Waals surface area contributed by atoms with E-state index in [1.54, 1.807) is 7.11 Å². The highest BCUT2D eigenvalue weighted by Crippen LogP contribution is 2.15. The van der Waals surface area contributed by atoms with Crippen molar-refractivity contribution in [2.75, 3.05) is 39.9 Å². The summed E-state index contributed by atoms with van der Waals surface area (Å²) in [6.45, 7) is 3.58. The number of carbonyl (C=O) groups excluding carboxylic acids is 1. The summed E-state index contributed by atoms with van der Waals surface area (Å²) in [4.78, 5) is 13.4. The van der Waals surface area contributed by atoms with Crippen molar-refractivity contribution in [1.29, 1.82) is 0 Å². The van der Waals surface area contributed by atoms with Crippen molar-refractivity contribution < 1.29 is 9.53 Å². The summed E-state index contributed by atoms with van der Waals surface area (Å²) in [6, 6.07) is 0.454. The van der Waals surface area contributed by atoms with Gasteiger partial charge in [-0.3, -0.25) is 9.69 Å². The molecule has 0 aromatic carbocycles. The lowest BCUT2D eigenvalue weighted by Gasteiger charge is -2.24. The first-order valence-corrected chi connectivity index (χ1v) is 5.47. The number of nitrogens with two attached hydrogens (primary N) is 1. The first kappa shape index (κ1) is 12.4. The fourth-order valence-corrected chi connectivity index (χ4v) is 1.93. The van der Waals surface area contributed by atoms with Crippen LogP contribution in [0.15, 0.2) is 0 Å². The highest BCUT2D eigenvalue weighted by atomic mass is 16.5. The maximum absolute atomic E-state index is 11.0. The minimum Gasteiger partial charge on any atom is -0.383 e. The Morgan fingerprint density at radius 3 is 3.13 bits per heavy atom. The van der Waals surface area contributed by atoms with Gasteiger partial charge in [-0.25, -0.2) is 0 Å². The lowest BCUT2D eigenvalue weighted by molar-refractivity contribution is -0.119. The molecule has 0 aromatic heterocycles. The molecule has 3 N–H and O–H groups in total. The molecule has 88 valence electrons. The Labute approximate surface area is 90.9 Å².